The standard InChI is InChI=1S/C23H30N2O4/c1-17-6-5-7-18(12-17)15-24-8-10-25(11-9-24)16-20(26)19-13-21(27-2)23(29-4)22(14-19)28-3/h5-7,12-14H,8-11,15-16H2,1-4H3. The van der Waals surface area contributed by atoms with Crippen LogP contribution in [0.2, 0.25) is 0 Å². The average molecular weight is 399 g/mol. The first-order valence-corrected chi connectivity index (χ1v) is 9.87. The van der Waals surface area contributed by atoms with Crippen molar-refractivity contribution in [1.82, 2.24) is 9.80 Å². The Morgan fingerprint density at radius 2 is 1.52 bits per heavy atom. The van der Waals surface area contributed by atoms with E-state index in [1.807, 2.05) is 0 Å². The highest BCUT2D eigenvalue weighted by molar-refractivity contribution is 5.98. The number of ether oxygens (including phenoxy) is 3. The number of carbonyl (C=O) groups excluding carboxylic acids is 1. The van der Waals surface area contributed by atoms with Crippen molar-refractivity contribution in [2.75, 3.05) is 54.1 Å². The van der Waals surface area contributed by atoms with E-state index >= 15 is 0 Å². The minimum Gasteiger partial charge on any atom is -0.493 e. The van der Waals surface area contributed by atoms with Crippen molar-refractivity contribution in [2.24, 2.45) is 0 Å². The fourth-order valence-corrected chi connectivity index (χ4v) is 3.71. The highest BCUT2D eigenvalue weighted by atomic mass is 16.5. The van der Waals surface area contributed by atoms with Gasteiger partial charge in [-0.3, -0.25) is 14.6 Å². The predicted octanol–water partition coefficient (Wildman–Crippen LogP) is 3.02. The van der Waals surface area contributed by atoms with E-state index in [0.29, 0.717) is 29.4 Å². The molecule has 1 heterocycles. The van der Waals surface area contributed by atoms with Crippen LogP contribution >= 0.6 is 0 Å². The number of carbonyl (C=O) groups is 1. The minimum absolute atomic E-state index is 0.0522. The second kappa shape index (κ2) is 9.76. The van der Waals surface area contributed by atoms with Crippen LogP contribution in [0.5, 0.6) is 17.2 Å². The van der Waals surface area contributed by atoms with E-state index < -0.39 is 0 Å². The number of benzene rings is 2. The van der Waals surface area contributed by atoms with Crippen LogP contribution < -0.4 is 14.2 Å². The molecule has 0 saturated carbocycles. The van der Waals surface area contributed by atoms with Crippen LogP contribution in [0.1, 0.15) is 21.5 Å². The molecule has 0 spiro atoms. The number of nitrogens with zero attached hydrogens (tertiary/aromatic N) is 2. The highest BCUT2D eigenvalue weighted by Gasteiger charge is 2.22. The van der Waals surface area contributed by atoms with Crippen LogP contribution in [0, 0.1) is 6.92 Å². The van der Waals surface area contributed by atoms with Crippen molar-refractivity contribution < 1.29 is 19.0 Å². The van der Waals surface area contributed by atoms with E-state index in [1.165, 1.54) is 11.1 Å². The molecule has 1 fully saturated rings. The third kappa shape index (κ3) is 5.28. The molecular weight excluding hydrogens is 368 g/mol. The summed E-state index contributed by atoms with van der Waals surface area (Å²) >= 11 is 0. The molecule has 2 aromatic carbocycles. The number of rotatable bonds is 8. The fourth-order valence-electron chi connectivity index (χ4n) is 3.71. The van der Waals surface area contributed by atoms with E-state index in [2.05, 4.69) is 41.0 Å². The molecule has 1 aliphatic rings. The van der Waals surface area contributed by atoms with Crippen molar-refractivity contribution in [2.45, 2.75) is 13.5 Å². The van der Waals surface area contributed by atoms with E-state index in [1.54, 1.807) is 33.5 Å². The Hall–Kier alpha value is -2.57. The molecule has 0 aliphatic carbocycles. The van der Waals surface area contributed by atoms with Gasteiger partial charge in [0.1, 0.15) is 0 Å². The van der Waals surface area contributed by atoms with Gasteiger partial charge in [-0.1, -0.05) is 29.8 Å². The Morgan fingerprint density at radius 1 is 0.897 bits per heavy atom. The quantitative estimate of drug-likeness (QED) is 0.637. The lowest BCUT2D eigenvalue weighted by atomic mass is 10.1. The molecule has 0 aromatic heterocycles. The molecule has 29 heavy (non-hydrogen) atoms. The summed E-state index contributed by atoms with van der Waals surface area (Å²) in [6, 6.07) is 12.1. The lowest BCUT2D eigenvalue weighted by Gasteiger charge is -2.34. The van der Waals surface area contributed by atoms with Crippen LogP contribution in [0.3, 0.4) is 0 Å². The molecule has 156 valence electrons. The highest BCUT2D eigenvalue weighted by Crippen LogP contribution is 2.38. The van der Waals surface area contributed by atoms with Crippen LogP contribution in [0.4, 0.5) is 0 Å². The first kappa shape index (κ1) is 21.1. The molecule has 0 radical (unpaired) electrons. The third-order valence-corrected chi connectivity index (χ3v) is 5.31. The summed E-state index contributed by atoms with van der Waals surface area (Å²) in [6.07, 6.45) is 0. The molecule has 1 saturated heterocycles. The molecule has 0 N–H and O–H groups in total. The normalized spacial score (nSPS) is 15.2. The smallest absolute Gasteiger partial charge is 0.203 e. The number of hydrogen-bond donors (Lipinski definition) is 0. The lowest BCUT2D eigenvalue weighted by molar-refractivity contribution is 0.0843. The molecule has 6 heteroatoms. The Labute approximate surface area is 173 Å². The Bertz CT molecular complexity index is 820. The van der Waals surface area contributed by atoms with Gasteiger partial charge in [0, 0.05) is 38.3 Å². The summed E-state index contributed by atoms with van der Waals surface area (Å²) in [7, 11) is 4.66. The van der Waals surface area contributed by atoms with Crippen molar-refractivity contribution in [3.05, 3.63) is 53.1 Å². The second-order valence-corrected chi connectivity index (χ2v) is 7.38. The first-order chi connectivity index (χ1) is 14.0. The van der Waals surface area contributed by atoms with E-state index in [4.69, 9.17) is 14.2 Å². The third-order valence-electron chi connectivity index (χ3n) is 5.31. The van der Waals surface area contributed by atoms with Gasteiger partial charge >= 0.3 is 0 Å². The van der Waals surface area contributed by atoms with Crippen molar-refractivity contribution >= 4 is 5.78 Å². The minimum atomic E-state index is 0.0522. The molecule has 0 amide bonds. The maximum absolute atomic E-state index is 12.9. The van der Waals surface area contributed by atoms with Crippen LogP contribution in [0.25, 0.3) is 0 Å². The molecule has 2 aromatic rings. The summed E-state index contributed by atoms with van der Waals surface area (Å²) in [6.45, 7) is 7.13. The SMILES string of the molecule is COc1cc(C(=O)CN2CCN(Cc3cccc(C)c3)CC2)cc(OC)c1OC. The Balaban J connectivity index is 1.58. The monoisotopic (exact) mass is 398 g/mol. The van der Waals surface area contributed by atoms with Crippen LogP contribution in [0.15, 0.2) is 36.4 Å². The van der Waals surface area contributed by atoms with Gasteiger partial charge in [0.15, 0.2) is 17.3 Å². The van der Waals surface area contributed by atoms with Gasteiger partial charge in [0.25, 0.3) is 0 Å². The Kier molecular flexibility index (Phi) is 7.12. The van der Waals surface area contributed by atoms with Crippen molar-refractivity contribution in [3.8, 4) is 17.2 Å². The molecule has 6 nitrogen and oxygen atoms in total. The number of aryl methyl sites for hydroxylation is 1. The zero-order chi connectivity index (χ0) is 20.8. The molecular formula is C23H30N2O4. The van der Waals surface area contributed by atoms with Crippen molar-refractivity contribution in [1.29, 1.82) is 0 Å². The van der Waals surface area contributed by atoms with Gasteiger partial charge in [0.05, 0.1) is 27.9 Å². The summed E-state index contributed by atoms with van der Waals surface area (Å²) < 4.78 is 16.1. The Morgan fingerprint density at radius 3 is 2.07 bits per heavy atom. The van der Waals surface area contributed by atoms with E-state index in [0.717, 1.165) is 32.7 Å². The molecule has 1 aliphatic heterocycles. The maximum atomic E-state index is 12.9. The van der Waals surface area contributed by atoms with Crippen molar-refractivity contribution in [3.63, 3.8) is 0 Å². The number of ketones is 1. The van der Waals surface area contributed by atoms with Crippen LogP contribution in [-0.2, 0) is 6.54 Å². The van der Waals surface area contributed by atoms with E-state index in [9.17, 15) is 4.79 Å². The summed E-state index contributed by atoms with van der Waals surface area (Å²) in [5.74, 6) is 1.55. The van der Waals surface area contributed by atoms with Gasteiger partial charge in [-0.05, 0) is 24.6 Å². The number of hydrogen-bond acceptors (Lipinski definition) is 6. The molecule has 0 unspecified atom stereocenters. The second-order valence-electron chi connectivity index (χ2n) is 7.38. The number of piperazine rings is 1. The zero-order valence-electron chi connectivity index (χ0n) is 17.7. The summed E-state index contributed by atoms with van der Waals surface area (Å²) in [4.78, 5) is 17.5. The lowest BCUT2D eigenvalue weighted by Crippen LogP contribution is -2.47. The van der Waals surface area contributed by atoms with Gasteiger partial charge in [-0.15, -0.1) is 0 Å². The number of methoxy groups -OCH3 is 3. The summed E-state index contributed by atoms with van der Waals surface area (Å²) in [5, 5.41) is 0. The van der Waals surface area contributed by atoms with E-state index in [-0.39, 0.29) is 5.78 Å². The van der Waals surface area contributed by atoms with Gasteiger partial charge in [-0.2, -0.15) is 0 Å². The number of Topliss-reactive ketones (excluding diaryl/α,β-unsaturated/α-hetero) is 1. The summed E-state index contributed by atoms with van der Waals surface area (Å²) in [5.41, 5.74) is 3.20. The fraction of sp³-hybridized carbons (Fsp3) is 0.435. The molecule has 3 rings (SSSR count). The van der Waals surface area contributed by atoms with Gasteiger partial charge in [0.2, 0.25) is 5.75 Å². The zero-order valence-corrected chi connectivity index (χ0v) is 17.7. The first-order valence-electron chi connectivity index (χ1n) is 9.87. The van der Waals surface area contributed by atoms with Gasteiger partial charge in [-0.25, -0.2) is 0 Å². The average Bonchev–Trinajstić information content (AvgIpc) is 2.74. The molecule has 0 bridgehead atoms. The van der Waals surface area contributed by atoms with Gasteiger partial charge < -0.3 is 14.2 Å². The molecule has 0 atom stereocenters. The predicted molar refractivity (Wildman–Crippen MR) is 113 cm³/mol. The largest absolute Gasteiger partial charge is 0.493 e. The maximum Gasteiger partial charge on any atom is 0.203 e. The van der Waals surface area contributed by atoms with Crippen LogP contribution in [-0.4, -0.2) is 69.6 Å². The topological polar surface area (TPSA) is 51.2 Å².